The van der Waals surface area contributed by atoms with E-state index in [4.69, 9.17) is 5.73 Å². The number of sulfonamides is 1. The van der Waals surface area contributed by atoms with Gasteiger partial charge in [-0.05, 0) is 48.7 Å². The second-order valence-corrected chi connectivity index (χ2v) is 6.55. The monoisotopic (exact) mass is 312 g/mol. The van der Waals surface area contributed by atoms with Crippen molar-refractivity contribution in [2.45, 2.75) is 9.79 Å². The molecule has 0 unspecified atom stereocenters. The van der Waals surface area contributed by atoms with Crippen LogP contribution in [0.3, 0.4) is 0 Å². The first kappa shape index (κ1) is 14.7. The van der Waals surface area contributed by atoms with Crippen LogP contribution in [0.1, 0.15) is 0 Å². The van der Waals surface area contributed by atoms with Crippen molar-refractivity contribution in [2.75, 3.05) is 16.7 Å². The van der Waals surface area contributed by atoms with Gasteiger partial charge in [0.05, 0.1) is 0 Å². The number of hydrogen-bond acceptors (Lipinski definition) is 4. The van der Waals surface area contributed by atoms with E-state index in [-0.39, 0.29) is 5.69 Å². The van der Waals surface area contributed by atoms with E-state index in [0.29, 0.717) is 5.69 Å². The standard InChI is InChI=1S/C13H13FN2O2S2/c1-19-11-5-3-10(4-6-11)16-20(17,18)13-7-2-9(15)8-12(13)14/h2-8,16H,15H2,1H3. The average molecular weight is 312 g/mol. The number of anilines is 2. The second kappa shape index (κ2) is 5.72. The minimum atomic E-state index is -3.97. The smallest absolute Gasteiger partial charge is 0.264 e. The number of nitrogens with two attached hydrogens (primary N) is 1. The van der Waals surface area contributed by atoms with Crippen molar-refractivity contribution in [1.82, 2.24) is 0 Å². The SMILES string of the molecule is CSc1ccc(NS(=O)(=O)c2ccc(N)cc2F)cc1. The maximum absolute atomic E-state index is 13.7. The Morgan fingerprint density at radius 3 is 2.35 bits per heavy atom. The fraction of sp³-hybridized carbons (Fsp3) is 0.0769. The summed E-state index contributed by atoms with van der Waals surface area (Å²) in [5.41, 5.74) is 5.94. The van der Waals surface area contributed by atoms with E-state index < -0.39 is 20.7 Å². The van der Waals surface area contributed by atoms with Crippen LogP contribution in [0.2, 0.25) is 0 Å². The summed E-state index contributed by atoms with van der Waals surface area (Å²) in [6.45, 7) is 0. The molecule has 2 rings (SSSR count). The first-order chi connectivity index (χ1) is 9.42. The molecule has 4 nitrogen and oxygen atoms in total. The highest BCUT2D eigenvalue weighted by Gasteiger charge is 2.19. The van der Waals surface area contributed by atoms with Gasteiger partial charge in [-0.1, -0.05) is 0 Å². The highest BCUT2D eigenvalue weighted by molar-refractivity contribution is 7.98. The molecule has 0 atom stereocenters. The number of hydrogen-bond donors (Lipinski definition) is 2. The molecule has 0 amide bonds. The third kappa shape index (κ3) is 3.23. The van der Waals surface area contributed by atoms with Gasteiger partial charge in [0, 0.05) is 16.3 Å². The summed E-state index contributed by atoms with van der Waals surface area (Å²) in [5, 5.41) is 0. The Labute approximate surface area is 121 Å². The van der Waals surface area contributed by atoms with E-state index in [1.54, 1.807) is 36.0 Å². The fourth-order valence-corrected chi connectivity index (χ4v) is 3.13. The third-order valence-corrected chi connectivity index (χ3v) is 4.75. The van der Waals surface area contributed by atoms with Crippen LogP contribution in [0, 0.1) is 5.82 Å². The molecule has 2 aromatic carbocycles. The van der Waals surface area contributed by atoms with Crippen molar-refractivity contribution in [2.24, 2.45) is 0 Å². The van der Waals surface area contributed by atoms with Crippen LogP contribution < -0.4 is 10.5 Å². The molecule has 20 heavy (non-hydrogen) atoms. The van der Waals surface area contributed by atoms with Gasteiger partial charge in [-0.2, -0.15) is 0 Å². The van der Waals surface area contributed by atoms with Gasteiger partial charge in [0.15, 0.2) is 0 Å². The molecule has 106 valence electrons. The lowest BCUT2D eigenvalue weighted by atomic mass is 10.3. The fourth-order valence-electron chi connectivity index (χ4n) is 1.60. The van der Waals surface area contributed by atoms with E-state index in [2.05, 4.69) is 4.72 Å². The van der Waals surface area contributed by atoms with Crippen molar-refractivity contribution in [3.05, 3.63) is 48.3 Å². The van der Waals surface area contributed by atoms with Gasteiger partial charge in [0.1, 0.15) is 10.7 Å². The van der Waals surface area contributed by atoms with Crippen LogP contribution in [0.15, 0.2) is 52.3 Å². The van der Waals surface area contributed by atoms with Crippen LogP contribution in [0.4, 0.5) is 15.8 Å². The molecule has 2 aromatic rings. The van der Waals surface area contributed by atoms with E-state index in [1.807, 2.05) is 6.26 Å². The summed E-state index contributed by atoms with van der Waals surface area (Å²) in [6.07, 6.45) is 1.92. The molecule has 0 heterocycles. The Bertz CT molecular complexity index is 716. The minimum Gasteiger partial charge on any atom is -0.399 e. The summed E-state index contributed by atoms with van der Waals surface area (Å²) < 4.78 is 40.2. The molecule has 0 aliphatic carbocycles. The van der Waals surface area contributed by atoms with E-state index in [0.717, 1.165) is 17.0 Å². The number of thioether (sulfide) groups is 1. The first-order valence-corrected chi connectivity index (χ1v) is 8.35. The maximum Gasteiger partial charge on any atom is 0.264 e. The van der Waals surface area contributed by atoms with Crippen LogP contribution in [-0.4, -0.2) is 14.7 Å². The average Bonchev–Trinajstić information content (AvgIpc) is 2.38. The Balaban J connectivity index is 2.30. The molecule has 0 aromatic heterocycles. The molecule has 0 saturated heterocycles. The lowest BCUT2D eigenvalue weighted by molar-refractivity contribution is 0.571. The quantitative estimate of drug-likeness (QED) is 0.672. The van der Waals surface area contributed by atoms with Crippen LogP contribution in [0.25, 0.3) is 0 Å². The minimum absolute atomic E-state index is 0.172. The number of nitrogen functional groups attached to an aromatic ring is 1. The largest absolute Gasteiger partial charge is 0.399 e. The van der Waals surface area contributed by atoms with Crippen LogP contribution in [0.5, 0.6) is 0 Å². The van der Waals surface area contributed by atoms with Crippen molar-refractivity contribution < 1.29 is 12.8 Å². The van der Waals surface area contributed by atoms with E-state index in [1.165, 1.54) is 6.07 Å². The van der Waals surface area contributed by atoms with E-state index in [9.17, 15) is 12.8 Å². The number of halogens is 1. The summed E-state index contributed by atoms with van der Waals surface area (Å²) in [6, 6.07) is 10.3. The van der Waals surface area contributed by atoms with E-state index >= 15 is 0 Å². The Hall–Kier alpha value is -1.73. The molecule has 0 spiro atoms. The summed E-state index contributed by atoms with van der Waals surface area (Å²) in [5.74, 6) is -0.877. The Morgan fingerprint density at radius 2 is 1.80 bits per heavy atom. The highest BCUT2D eigenvalue weighted by Crippen LogP contribution is 2.22. The van der Waals surface area contributed by atoms with Gasteiger partial charge >= 0.3 is 0 Å². The summed E-state index contributed by atoms with van der Waals surface area (Å²) in [4.78, 5) is 0.576. The number of rotatable bonds is 4. The molecule has 0 aliphatic rings. The predicted octanol–water partition coefficient (Wildman–Crippen LogP) is 2.93. The van der Waals surface area contributed by atoms with Gasteiger partial charge in [0.25, 0.3) is 10.0 Å². The first-order valence-electron chi connectivity index (χ1n) is 5.64. The van der Waals surface area contributed by atoms with Crippen molar-refractivity contribution >= 4 is 33.2 Å². The zero-order valence-corrected chi connectivity index (χ0v) is 12.3. The normalized spacial score (nSPS) is 11.3. The molecule has 0 aliphatic heterocycles. The molecule has 7 heteroatoms. The van der Waals surface area contributed by atoms with Gasteiger partial charge < -0.3 is 5.73 Å². The second-order valence-electron chi connectivity index (χ2n) is 4.02. The predicted molar refractivity (Wildman–Crippen MR) is 79.8 cm³/mol. The topological polar surface area (TPSA) is 72.2 Å². The zero-order chi connectivity index (χ0) is 14.8. The molecular weight excluding hydrogens is 299 g/mol. The Kier molecular flexibility index (Phi) is 4.20. The lowest BCUT2D eigenvalue weighted by Crippen LogP contribution is -2.14. The summed E-state index contributed by atoms with van der Waals surface area (Å²) in [7, 11) is -3.97. The molecule has 0 fully saturated rings. The number of nitrogens with one attached hydrogen (secondary N) is 1. The highest BCUT2D eigenvalue weighted by atomic mass is 32.2. The molecule has 0 bridgehead atoms. The van der Waals surface area contributed by atoms with Crippen LogP contribution in [-0.2, 0) is 10.0 Å². The van der Waals surface area contributed by atoms with Gasteiger partial charge in [-0.15, -0.1) is 11.8 Å². The third-order valence-electron chi connectivity index (χ3n) is 2.59. The van der Waals surface area contributed by atoms with Crippen LogP contribution >= 0.6 is 11.8 Å². The van der Waals surface area contributed by atoms with Gasteiger partial charge in [0.2, 0.25) is 0 Å². The van der Waals surface area contributed by atoms with Crippen molar-refractivity contribution in [3.8, 4) is 0 Å². The summed E-state index contributed by atoms with van der Waals surface area (Å²) >= 11 is 1.54. The molecule has 3 N–H and O–H groups in total. The molecule has 0 saturated carbocycles. The lowest BCUT2D eigenvalue weighted by Gasteiger charge is -2.09. The van der Waals surface area contributed by atoms with Crippen molar-refractivity contribution in [1.29, 1.82) is 0 Å². The maximum atomic E-state index is 13.7. The number of benzene rings is 2. The zero-order valence-electron chi connectivity index (χ0n) is 10.6. The Morgan fingerprint density at radius 1 is 1.15 bits per heavy atom. The van der Waals surface area contributed by atoms with Gasteiger partial charge in [-0.25, -0.2) is 12.8 Å². The molecule has 0 radical (unpaired) electrons. The molecular formula is C13H13FN2O2S2. The van der Waals surface area contributed by atoms with Crippen molar-refractivity contribution in [3.63, 3.8) is 0 Å². The van der Waals surface area contributed by atoms with Gasteiger partial charge in [-0.3, -0.25) is 4.72 Å².